The van der Waals surface area contributed by atoms with Crippen LogP contribution in [0.15, 0.2) is 76.0 Å². The van der Waals surface area contributed by atoms with E-state index in [0.29, 0.717) is 23.0 Å². The van der Waals surface area contributed by atoms with Gasteiger partial charge in [-0.3, -0.25) is 14.5 Å². The molecule has 3 heterocycles. The molecule has 8 nitrogen and oxygen atoms in total. The molecule has 0 aromatic carbocycles. The van der Waals surface area contributed by atoms with E-state index in [1.54, 1.807) is 0 Å². The first-order valence-electron chi connectivity index (χ1n) is 16.7. The standard InChI is InChI=1S/C32H41ClN6O2S2.C3H8.CH3Cl/c1-2-9-24(10-5-6-15-33)20-39-16-7-13-26(14-8-17-39)36-30(40)22-43-32-38-29(21-42-32)25-11-3-4-12-27(18-25)37-31(41)28-19-34-23-35-28;1-3-2;1-2/h4-6,9,11-12,18-19,21,23,26H,2-3,7-8,10,13-17,20,22H2,1H3,(H,34,35)(H,36,40)(H,37,41);3H2,1-2H3;1H3/b6-5-,24-9+;;. The summed E-state index contributed by atoms with van der Waals surface area (Å²) in [6, 6.07) is 0.226. The zero-order valence-electron chi connectivity index (χ0n) is 28.8. The predicted octanol–water partition coefficient (Wildman–Crippen LogP) is 8.77. The number of carbonyl (C=O) groups is 2. The highest BCUT2D eigenvalue weighted by Gasteiger charge is 2.18. The number of imidazole rings is 1. The molecule has 0 atom stereocenters. The maximum Gasteiger partial charge on any atom is 0.273 e. The molecule has 1 aliphatic carbocycles. The van der Waals surface area contributed by atoms with E-state index in [0.717, 1.165) is 80.2 Å². The van der Waals surface area contributed by atoms with Crippen LogP contribution in [-0.2, 0) is 4.79 Å². The summed E-state index contributed by atoms with van der Waals surface area (Å²) in [4.78, 5) is 39.3. The van der Waals surface area contributed by atoms with Crippen molar-refractivity contribution in [2.24, 2.45) is 0 Å². The lowest BCUT2D eigenvalue weighted by molar-refractivity contribution is -0.119. The Kier molecular flexibility index (Phi) is 21.9. The molecule has 2 amide bonds. The SMILES string of the molecule is CC/C=C(\C/C=C\CCl)CN1CCCC(NC(=O)CSc2nc(C3=CCC=CC(NC(=O)c4cnc[nH]4)=C3)cs2)CCC1.CCC.CCl. The van der Waals surface area contributed by atoms with E-state index in [1.165, 1.54) is 54.0 Å². The highest BCUT2D eigenvalue weighted by Crippen LogP contribution is 2.28. The van der Waals surface area contributed by atoms with E-state index in [1.807, 2.05) is 29.7 Å². The number of alkyl halides is 2. The number of hydrogen-bond donors (Lipinski definition) is 3. The summed E-state index contributed by atoms with van der Waals surface area (Å²) in [5, 5.41) is 8.18. The Labute approximate surface area is 305 Å². The van der Waals surface area contributed by atoms with Gasteiger partial charge in [0.05, 0.1) is 24.0 Å². The zero-order valence-corrected chi connectivity index (χ0v) is 31.9. The van der Waals surface area contributed by atoms with Crippen LogP contribution < -0.4 is 10.6 Å². The number of carbonyl (C=O) groups excluding carboxylic acids is 2. The van der Waals surface area contributed by atoms with Crippen molar-refractivity contribution in [2.45, 2.75) is 82.5 Å². The van der Waals surface area contributed by atoms with Crippen molar-refractivity contribution in [2.75, 3.05) is 37.7 Å². The fourth-order valence-electron chi connectivity index (χ4n) is 5.12. The second-order valence-electron chi connectivity index (χ2n) is 11.2. The Morgan fingerprint density at radius 3 is 2.58 bits per heavy atom. The van der Waals surface area contributed by atoms with Crippen LogP contribution in [0, 0.1) is 0 Å². The van der Waals surface area contributed by atoms with Crippen LogP contribution in [0.5, 0.6) is 0 Å². The van der Waals surface area contributed by atoms with Gasteiger partial charge in [0.1, 0.15) is 5.69 Å². The topological polar surface area (TPSA) is 103 Å². The molecule has 12 heteroatoms. The Balaban J connectivity index is 0.00000151. The van der Waals surface area contributed by atoms with Gasteiger partial charge in [0.15, 0.2) is 4.34 Å². The molecule has 3 N–H and O–H groups in total. The third kappa shape index (κ3) is 16.2. The first-order chi connectivity index (χ1) is 23.4. The summed E-state index contributed by atoms with van der Waals surface area (Å²) in [5.41, 5.74) is 4.31. The molecule has 0 bridgehead atoms. The van der Waals surface area contributed by atoms with Crippen molar-refractivity contribution < 1.29 is 9.59 Å². The van der Waals surface area contributed by atoms with E-state index >= 15 is 0 Å². The molecule has 264 valence electrons. The van der Waals surface area contributed by atoms with Crippen LogP contribution >= 0.6 is 46.3 Å². The molecule has 4 rings (SSSR count). The smallest absolute Gasteiger partial charge is 0.273 e. The van der Waals surface area contributed by atoms with Gasteiger partial charge in [0.2, 0.25) is 5.91 Å². The Morgan fingerprint density at radius 1 is 1.17 bits per heavy atom. The monoisotopic (exact) mass is 734 g/mol. The van der Waals surface area contributed by atoms with Crippen LogP contribution in [0.2, 0.25) is 0 Å². The molecule has 2 aliphatic rings. The number of rotatable bonds is 13. The number of aromatic nitrogens is 3. The van der Waals surface area contributed by atoms with Gasteiger partial charge in [-0.15, -0.1) is 34.5 Å². The first-order valence-corrected chi connectivity index (χ1v) is 19.9. The van der Waals surface area contributed by atoms with Crippen LogP contribution in [0.1, 0.15) is 88.3 Å². The number of nitrogens with one attached hydrogen (secondary N) is 3. The largest absolute Gasteiger partial charge is 0.353 e. The van der Waals surface area contributed by atoms with E-state index in [4.69, 9.17) is 16.6 Å². The number of hydrogen-bond acceptors (Lipinski definition) is 7. The molecule has 0 radical (unpaired) electrons. The van der Waals surface area contributed by atoms with Gasteiger partial charge in [-0.05, 0) is 75.8 Å². The summed E-state index contributed by atoms with van der Waals surface area (Å²) in [6.07, 6.45) is 27.0. The van der Waals surface area contributed by atoms with Crippen molar-refractivity contribution in [3.05, 3.63) is 83.1 Å². The molecule has 2 aromatic heterocycles. The Hall–Kier alpha value is -2.63. The third-order valence-corrected chi connectivity index (χ3v) is 9.36. The van der Waals surface area contributed by atoms with Gasteiger partial charge in [0.25, 0.3) is 5.91 Å². The second-order valence-corrected chi connectivity index (χ2v) is 13.6. The van der Waals surface area contributed by atoms with Crippen molar-refractivity contribution in [3.8, 4) is 0 Å². The second kappa shape index (κ2) is 25.4. The molecular weight excluding hydrogens is 683 g/mol. The minimum absolute atomic E-state index is 0.0602. The van der Waals surface area contributed by atoms with E-state index in [9.17, 15) is 9.59 Å². The number of amides is 2. The predicted molar refractivity (Wildman–Crippen MR) is 206 cm³/mol. The van der Waals surface area contributed by atoms with Crippen LogP contribution in [0.4, 0.5) is 0 Å². The van der Waals surface area contributed by atoms with Crippen LogP contribution in [0.3, 0.4) is 0 Å². The van der Waals surface area contributed by atoms with Gasteiger partial charge in [-0.25, -0.2) is 9.97 Å². The summed E-state index contributed by atoms with van der Waals surface area (Å²) in [7, 11) is 0. The minimum Gasteiger partial charge on any atom is -0.353 e. The molecule has 1 aliphatic heterocycles. The molecule has 0 saturated carbocycles. The first kappa shape index (κ1) is 41.5. The molecule has 2 aromatic rings. The van der Waals surface area contributed by atoms with Gasteiger partial charge in [-0.1, -0.05) is 74.9 Å². The average molecular weight is 736 g/mol. The average Bonchev–Trinajstić information content (AvgIpc) is 3.74. The van der Waals surface area contributed by atoms with Crippen molar-refractivity contribution in [1.82, 2.24) is 30.5 Å². The number of likely N-dealkylation sites (tertiary alicyclic amines) is 1. The number of allylic oxidation sites excluding steroid dienone is 8. The van der Waals surface area contributed by atoms with Crippen LogP contribution in [0.25, 0.3) is 5.57 Å². The minimum atomic E-state index is -0.249. The molecular formula is C36H52Cl2N6O2S2. The normalized spacial score (nSPS) is 15.9. The van der Waals surface area contributed by atoms with Crippen molar-refractivity contribution in [1.29, 1.82) is 0 Å². The Bertz CT molecular complexity index is 1360. The van der Waals surface area contributed by atoms with Gasteiger partial charge in [0, 0.05) is 35.9 Å². The van der Waals surface area contributed by atoms with E-state index < -0.39 is 0 Å². The highest BCUT2D eigenvalue weighted by molar-refractivity contribution is 8.01. The van der Waals surface area contributed by atoms with E-state index in [2.05, 4.69) is 76.1 Å². The van der Waals surface area contributed by atoms with Gasteiger partial charge < -0.3 is 15.6 Å². The molecule has 0 spiro atoms. The highest BCUT2D eigenvalue weighted by atomic mass is 35.5. The van der Waals surface area contributed by atoms with Crippen LogP contribution in [-0.4, -0.2) is 75.4 Å². The summed E-state index contributed by atoms with van der Waals surface area (Å²) in [6.45, 7) is 9.55. The number of nitrogens with zero attached hydrogens (tertiary/aromatic N) is 3. The maximum atomic E-state index is 12.8. The third-order valence-electron chi connectivity index (χ3n) is 7.16. The molecule has 0 unspecified atom stereocenters. The fourth-order valence-corrected chi connectivity index (χ4v) is 6.89. The van der Waals surface area contributed by atoms with Crippen molar-refractivity contribution in [3.63, 3.8) is 0 Å². The lowest BCUT2D eigenvalue weighted by Crippen LogP contribution is -2.39. The summed E-state index contributed by atoms with van der Waals surface area (Å²) >= 11 is 13.4. The molecule has 1 fully saturated rings. The lowest BCUT2D eigenvalue weighted by Gasteiger charge is -2.29. The number of thiazole rings is 1. The van der Waals surface area contributed by atoms with E-state index in [-0.39, 0.29) is 17.9 Å². The number of thioether (sulfide) groups is 1. The molecule has 48 heavy (non-hydrogen) atoms. The Morgan fingerprint density at radius 2 is 1.92 bits per heavy atom. The number of H-pyrrole nitrogens is 1. The molecule has 1 saturated heterocycles. The number of aromatic amines is 1. The van der Waals surface area contributed by atoms with Gasteiger partial charge in [-0.2, -0.15) is 0 Å². The van der Waals surface area contributed by atoms with Crippen molar-refractivity contribution >= 4 is 63.7 Å². The lowest BCUT2D eigenvalue weighted by atomic mass is 10.0. The fraction of sp³-hybridized carbons (Fsp3) is 0.500. The maximum absolute atomic E-state index is 12.8. The summed E-state index contributed by atoms with van der Waals surface area (Å²) in [5.74, 6) is 0.717. The quantitative estimate of drug-likeness (QED) is 0.108. The zero-order chi connectivity index (χ0) is 35.0. The summed E-state index contributed by atoms with van der Waals surface area (Å²) < 4.78 is 0.852. The number of halogens is 2. The van der Waals surface area contributed by atoms with Gasteiger partial charge >= 0.3 is 0 Å².